The van der Waals surface area contributed by atoms with Crippen LogP contribution in [0.4, 0.5) is 5.95 Å². The number of nitrogens with one attached hydrogen (secondary N) is 2. The van der Waals surface area contributed by atoms with Gasteiger partial charge in [-0.15, -0.1) is 0 Å². The van der Waals surface area contributed by atoms with Crippen molar-refractivity contribution >= 4 is 28.6 Å². The van der Waals surface area contributed by atoms with Crippen LogP contribution in [0.5, 0.6) is 0 Å². The first-order valence-corrected chi connectivity index (χ1v) is 12.2. The largest absolute Gasteiger partial charge is 0.354 e. The van der Waals surface area contributed by atoms with E-state index in [4.69, 9.17) is 11.6 Å². The van der Waals surface area contributed by atoms with Gasteiger partial charge in [0.15, 0.2) is 0 Å². The number of hydrogen-bond donors (Lipinski definition) is 2. The summed E-state index contributed by atoms with van der Waals surface area (Å²) in [7, 11) is 1.70. The van der Waals surface area contributed by atoms with E-state index in [-0.39, 0.29) is 5.56 Å². The third-order valence-corrected chi connectivity index (χ3v) is 6.79. The standard InChI is InChI=1S/C21H19ClN6O.C5H9N/c1-4-24-21-25-10-14-7-16(20(29)28(3)19(14)27-21)15-6-5-13(8-17(15)22)18-11-23-9-12(2)26-18;1-4-2-6-3-5(1)4/h5-11H,4H2,1-3H3,(H,24,25,27);4-6H,1-3H2. The van der Waals surface area contributed by atoms with Crippen molar-refractivity contribution in [2.75, 3.05) is 25.0 Å². The van der Waals surface area contributed by atoms with E-state index in [1.165, 1.54) is 24.1 Å². The van der Waals surface area contributed by atoms with Crippen molar-refractivity contribution in [3.63, 3.8) is 0 Å². The third kappa shape index (κ3) is 4.90. The number of aromatic nitrogens is 5. The Labute approximate surface area is 208 Å². The van der Waals surface area contributed by atoms with Crippen LogP contribution in [0.3, 0.4) is 0 Å². The predicted molar refractivity (Wildman–Crippen MR) is 140 cm³/mol. The molecule has 2 N–H and O–H groups in total. The van der Waals surface area contributed by atoms with E-state index >= 15 is 0 Å². The topological polar surface area (TPSA) is 97.6 Å². The molecule has 35 heavy (non-hydrogen) atoms. The summed E-state index contributed by atoms with van der Waals surface area (Å²) in [5.41, 5.74) is 3.92. The lowest BCUT2D eigenvalue weighted by Crippen LogP contribution is -2.20. The number of rotatable bonds is 4. The lowest BCUT2D eigenvalue weighted by atomic mass is 10.0. The molecule has 2 unspecified atom stereocenters. The van der Waals surface area contributed by atoms with Crippen molar-refractivity contribution in [1.29, 1.82) is 0 Å². The average Bonchev–Trinajstić information content (AvgIpc) is 3.46. The first-order chi connectivity index (χ1) is 16.9. The molecule has 4 heterocycles. The monoisotopic (exact) mass is 489 g/mol. The van der Waals surface area contributed by atoms with Crippen LogP contribution in [0.2, 0.25) is 5.02 Å². The number of pyridine rings is 1. The molecular formula is C26H28ClN7O. The SMILES string of the molecule is C1NCC2CC12.CCNc1ncc2cc(-c3ccc(-c4cncc(C)n4)cc3Cl)c(=O)n(C)c2n1. The van der Waals surface area contributed by atoms with Crippen LogP contribution in [-0.2, 0) is 7.05 Å². The van der Waals surface area contributed by atoms with Crippen molar-refractivity contribution < 1.29 is 0 Å². The summed E-state index contributed by atoms with van der Waals surface area (Å²) in [4.78, 5) is 30.4. The number of piperidine rings is 1. The van der Waals surface area contributed by atoms with Gasteiger partial charge in [-0.1, -0.05) is 23.7 Å². The first-order valence-electron chi connectivity index (χ1n) is 11.8. The highest BCUT2D eigenvalue weighted by Crippen LogP contribution is 2.40. The minimum atomic E-state index is -0.177. The second-order valence-corrected chi connectivity index (χ2v) is 9.49. The lowest BCUT2D eigenvalue weighted by Gasteiger charge is -2.11. The smallest absolute Gasteiger partial charge is 0.259 e. The molecule has 0 spiro atoms. The molecule has 1 aliphatic carbocycles. The van der Waals surface area contributed by atoms with Gasteiger partial charge in [-0.2, -0.15) is 4.98 Å². The highest BCUT2D eigenvalue weighted by Gasteiger charge is 2.40. The van der Waals surface area contributed by atoms with Crippen LogP contribution >= 0.6 is 11.6 Å². The Morgan fingerprint density at radius 2 is 1.91 bits per heavy atom. The van der Waals surface area contributed by atoms with Crippen LogP contribution in [0.15, 0.2) is 47.7 Å². The van der Waals surface area contributed by atoms with Crippen LogP contribution in [0.1, 0.15) is 19.0 Å². The van der Waals surface area contributed by atoms with Crippen molar-refractivity contribution in [2.24, 2.45) is 18.9 Å². The summed E-state index contributed by atoms with van der Waals surface area (Å²) in [5, 5.41) is 7.60. The maximum atomic E-state index is 13.0. The molecule has 0 amide bonds. The van der Waals surface area contributed by atoms with Crippen molar-refractivity contribution in [2.45, 2.75) is 20.3 Å². The zero-order chi connectivity index (χ0) is 24.5. The fourth-order valence-electron chi connectivity index (χ4n) is 4.44. The van der Waals surface area contributed by atoms with E-state index in [0.29, 0.717) is 34.3 Å². The Hall–Kier alpha value is -3.36. The molecule has 3 aromatic heterocycles. The Balaban J connectivity index is 0.000000362. The minimum Gasteiger partial charge on any atom is -0.354 e. The lowest BCUT2D eigenvalue weighted by molar-refractivity contribution is 0.732. The van der Waals surface area contributed by atoms with E-state index in [2.05, 4.69) is 30.6 Å². The van der Waals surface area contributed by atoms with E-state index in [0.717, 1.165) is 34.2 Å². The number of anilines is 1. The van der Waals surface area contributed by atoms with Gasteiger partial charge < -0.3 is 10.6 Å². The number of halogens is 1. The van der Waals surface area contributed by atoms with Gasteiger partial charge in [0, 0.05) is 53.1 Å². The quantitative estimate of drug-likeness (QED) is 0.446. The summed E-state index contributed by atoms with van der Waals surface area (Å²) >= 11 is 6.56. The van der Waals surface area contributed by atoms with Crippen LogP contribution in [-0.4, -0.2) is 44.1 Å². The number of benzene rings is 1. The molecule has 0 radical (unpaired) electrons. The molecule has 1 saturated carbocycles. The molecule has 1 aliphatic heterocycles. The van der Waals surface area contributed by atoms with Crippen molar-refractivity contribution in [3.05, 3.63) is 63.9 Å². The Morgan fingerprint density at radius 1 is 1.11 bits per heavy atom. The van der Waals surface area contributed by atoms with Gasteiger partial charge in [0.1, 0.15) is 5.65 Å². The summed E-state index contributed by atoms with van der Waals surface area (Å²) in [6.45, 7) is 7.17. The maximum absolute atomic E-state index is 13.0. The van der Waals surface area contributed by atoms with Gasteiger partial charge >= 0.3 is 0 Å². The Bertz CT molecular complexity index is 1440. The van der Waals surface area contributed by atoms with Crippen molar-refractivity contribution in [3.8, 4) is 22.4 Å². The van der Waals surface area contributed by atoms with Gasteiger partial charge in [0.2, 0.25) is 5.95 Å². The fourth-order valence-corrected chi connectivity index (χ4v) is 4.73. The maximum Gasteiger partial charge on any atom is 0.259 e. The molecule has 8 nitrogen and oxygen atoms in total. The molecule has 2 fully saturated rings. The second-order valence-electron chi connectivity index (χ2n) is 9.08. The number of hydrogen-bond acceptors (Lipinski definition) is 7. The molecule has 180 valence electrons. The highest BCUT2D eigenvalue weighted by molar-refractivity contribution is 6.33. The van der Waals surface area contributed by atoms with Gasteiger partial charge in [-0.3, -0.25) is 14.3 Å². The average molecular weight is 490 g/mol. The number of nitrogens with zero attached hydrogens (tertiary/aromatic N) is 5. The van der Waals surface area contributed by atoms with E-state index in [1.807, 2.05) is 26.0 Å². The summed E-state index contributed by atoms with van der Waals surface area (Å²) < 4.78 is 1.52. The normalized spacial score (nSPS) is 18.1. The van der Waals surface area contributed by atoms with Crippen LogP contribution in [0, 0.1) is 18.8 Å². The highest BCUT2D eigenvalue weighted by atomic mass is 35.5. The molecule has 4 aromatic rings. The van der Waals surface area contributed by atoms with E-state index < -0.39 is 0 Å². The van der Waals surface area contributed by atoms with Gasteiger partial charge in [0.25, 0.3) is 5.56 Å². The molecule has 0 bridgehead atoms. The molecule has 2 atom stereocenters. The van der Waals surface area contributed by atoms with Crippen LogP contribution < -0.4 is 16.2 Å². The number of fused-ring (bicyclic) bond motifs is 2. The Morgan fingerprint density at radius 3 is 2.54 bits per heavy atom. The second kappa shape index (κ2) is 9.71. The molecule has 1 aromatic carbocycles. The molecular weight excluding hydrogens is 462 g/mol. The summed E-state index contributed by atoms with van der Waals surface area (Å²) in [6.07, 6.45) is 6.61. The zero-order valence-corrected chi connectivity index (χ0v) is 20.8. The fraction of sp³-hybridized carbons (Fsp3) is 0.346. The van der Waals surface area contributed by atoms with Gasteiger partial charge in [0.05, 0.1) is 17.6 Å². The first kappa shape index (κ1) is 23.4. The minimum absolute atomic E-state index is 0.177. The van der Waals surface area contributed by atoms with E-state index in [1.54, 1.807) is 37.8 Å². The van der Waals surface area contributed by atoms with Crippen molar-refractivity contribution in [1.82, 2.24) is 29.8 Å². The Kier molecular flexibility index (Phi) is 6.49. The molecule has 9 heteroatoms. The van der Waals surface area contributed by atoms with Crippen LogP contribution in [0.25, 0.3) is 33.4 Å². The number of aryl methyl sites for hydroxylation is 2. The van der Waals surface area contributed by atoms with E-state index in [9.17, 15) is 4.79 Å². The predicted octanol–water partition coefficient (Wildman–Crippen LogP) is 4.07. The zero-order valence-electron chi connectivity index (χ0n) is 20.0. The molecule has 1 saturated heterocycles. The third-order valence-electron chi connectivity index (χ3n) is 6.48. The summed E-state index contributed by atoms with van der Waals surface area (Å²) in [5.74, 6) is 2.69. The molecule has 2 aliphatic rings. The van der Waals surface area contributed by atoms with Gasteiger partial charge in [-0.05, 0) is 57.3 Å². The van der Waals surface area contributed by atoms with Gasteiger partial charge in [-0.25, -0.2) is 9.97 Å². The summed E-state index contributed by atoms with van der Waals surface area (Å²) in [6, 6.07) is 7.30. The molecule has 6 rings (SSSR count).